The molecule has 0 aromatic rings. The molecule has 2 N–H and O–H groups in total. The lowest BCUT2D eigenvalue weighted by molar-refractivity contribution is -0.0438. The first-order valence-electron chi connectivity index (χ1n) is 9.01. The van der Waals surface area contributed by atoms with Crippen molar-refractivity contribution in [3.8, 4) is 0 Å². The summed E-state index contributed by atoms with van der Waals surface area (Å²) in [6.07, 6.45) is 13.1. The largest absolute Gasteiger partial charge is 0.330 e. The Hall–Kier alpha value is -0.560. The summed E-state index contributed by atoms with van der Waals surface area (Å²) in [7, 11) is 0. The van der Waals surface area contributed by atoms with E-state index in [0.717, 1.165) is 18.4 Å². The van der Waals surface area contributed by atoms with Crippen LogP contribution in [0.25, 0.3) is 0 Å². The monoisotopic (exact) mass is 287 g/mol. The minimum absolute atomic E-state index is 0.358. The van der Waals surface area contributed by atoms with Crippen molar-refractivity contribution in [1.29, 1.82) is 0 Å². The predicted molar refractivity (Wildman–Crippen MR) is 91.0 cm³/mol. The summed E-state index contributed by atoms with van der Waals surface area (Å²) in [6, 6.07) is 0. The van der Waals surface area contributed by atoms with Crippen molar-refractivity contribution in [2.45, 2.75) is 66.2 Å². The molecule has 0 bridgehead atoms. The third kappa shape index (κ3) is 2.32. The van der Waals surface area contributed by atoms with Crippen molar-refractivity contribution in [2.24, 2.45) is 34.3 Å². The molecule has 21 heavy (non-hydrogen) atoms. The fourth-order valence-electron chi connectivity index (χ4n) is 5.72. The molecule has 1 heteroatoms. The molecule has 4 atom stereocenters. The van der Waals surface area contributed by atoms with Crippen LogP contribution in [0.4, 0.5) is 0 Å². The smallest absolute Gasteiger partial charge is 0.00202 e. The highest BCUT2D eigenvalue weighted by atomic mass is 14.7. The fraction of sp³-hybridized carbons (Fsp3) is 0.800. The van der Waals surface area contributed by atoms with Crippen molar-refractivity contribution >= 4 is 0 Å². The van der Waals surface area contributed by atoms with Gasteiger partial charge in [-0.2, -0.15) is 0 Å². The third-order valence-electron chi connectivity index (χ3n) is 7.17. The lowest BCUT2D eigenvalue weighted by Crippen LogP contribution is -2.52. The van der Waals surface area contributed by atoms with Gasteiger partial charge in [0, 0.05) is 0 Å². The number of nitrogens with two attached hydrogens (primary N) is 1. The van der Waals surface area contributed by atoms with Crippen molar-refractivity contribution < 1.29 is 0 Å². The summed E-state index contributed by atoms with van der Waals surface area (Å²) >= 11 is 0. The van der Waals surface area contributed by atoms with E-state index >= 15 is 0 Å². The molecule has 1 fully saturated rings. The molecule has 0 aromatic carbocycles. The van der Waals surface area contributed by atoms with Crippen LogP contribution in [-0.2, 0) is 0 Å². The molecule has 118 valence electrons. The third-order valence-corrected chi connectivity index (χ3v) is 7.17. The van der Waals surface area contributed by atoms with Gasteiger partial charge in [0.25, 0.3) is 0 Å². The van der Waals surface area contributed by atoms with Gasteiger partial charge in [0.1, 0.15) is 0 Å². The van der Waals surface area contributed by atoms with Gasteiger partial charge in [-0.25, -0.2) is 0 Å². The first-order chi connectivity index (χ1) is 9.90. The minimum Gasteiger partial charge on any atom is -0.330 e. The number of hydrogen-bond donors (Lipinski definition) is 1. The van der Waals surface area contributed by atoms with Gasteiger partial charge in [0.2, 0.25) is 0 Å². The summed E-state index contributed by atoms with van der Waals surface area (Å²) in [5.74, 6) is 2.27. The Morgan fingerprint density at radius 3 is 2.71 bits per heavy atom. The molecule has 3 rings (SSSR count). The van der Waals surface area contributed by atoms with Gasteiger partial charge in [0.15, 0.2) is 0 Å². The molecule has 0 saturated heterocycles. The molecular formula is C20H33N. The van der Waals surface area contributed by atoms with E-state index < -0.39 is 0 Å². The molecule has 0 spiro atoms. The van der Waals surface area contributed by atoms with Gasteiger partial charge < -0.3 is 5.73 Å². The highest BCUT2D eigenvalue weighted by molar-refractivity contribution is 5.35. The summed E-state index contributed by atoms with van der Waals surface area (Å²) in [4.78, 5) is 0. The fourth-order valence-corrected chi connectivity index (χ4v) is 5.72. The van der Waals surface area contributed by atoms with Crippen LogP contribution in [0.15, 0.2) is 23.3 Å². The van der Waals surface area contributed by atoms with E-state index in [1.807, 2.05) is 0 Å². The number of rotatable bonds is 2. The molecule has 0 unspecified atom stereocenters. The van der Waals surface area contributed by atoms with Crippen LogP contribution in [-0.4, -0.2) is 6.54 Å². The Balaban J connectivity index is 1.97. The summed E-state index contributed by atoms with van der Waals surface area (Å²) < 4.78 is 0. The Kier molecular flexibility index (Phi) is 3.84. The Labute approximate surface area is 131 Å². The highest BCUT2D eigenvalue weighted by Gasteiger charge is 2.53. The average molecular weight is 287 g/mol. The topological polar surface area (TPSA) is 26.0 Å². The molecule has 1 nitrogen and oxygen atoms in total. The molecule has 1 saturated carbocycles. The second kappa shape index (κ2) is 5.26. The van der Waals surface area contributed by atoms with Gasteiger partial charge in [-0.15, -0.1) is 0 Å². The molecule has 0 aliphatic heterocycles. The van der Waals surface area contributed by atoms with Crippen molar-refractivity contribution in [3.63, 3.8) is 0 Å². The van der Waals surface area contributed by atoms with Gasteiger partial charge in [0.05, 0.1) is 0 Å². The predicted octanol–water partition coefficient (Wildman–Crippen LogP) is 5.08. The van der Waals surface area contributed by atoms with Crippen LogP contribution in [0, 0.1) is 28.6 Å². The molecule has 3 aliphatic rings. The lowest BCUT2D eigenvalue weighted by atomic mass is 9.47. The van der Waals surface area contributed by atoms with Crippen molar-refractivity contribution in [1.82, 2.24) is 0 Å². The van der Waals surface area contributed by atoms with E-state index in [0.29, 0.717) is 16.7 Å². The summed E-state index contributed by atoms with van der Waals surface area (Å²) in [5, 5.41) is 0. The van der Waals surface area contributed by atoms with E-state index in [1.165, 1.54) is 38.5 Å². The van der Waals surface area contributed by atoms with E-state index in [9.17, 15) is 0 Å². The molecule has 0 radical (unpaired) electrons. The SMILES string of the molecule is CC(C)C1=CC2=CC[C@H]3[C@](C)(CN)CCC[C@]3(C)[C@H]2CC1. The highest BCUT2D eigenvalue weighted by Crippen LogP contribution is 2.61. The summed E-state index contributed by atoms with van der Waals surface area (Å²) in [6.45, 7) is 10.6. The van der Waals surface area contributed by atoms with Gasteiger partial charge >= 0.3 is 0 Å². The second-order valence-corrected chi connectivity index (χ2v) is 8.68. The van der Waals surface area contributed by atoms with Crippen LogP contribution in [0.3, 0.4) is 0 Å². The second-order valence-electron chi connectivity index (χ2n) is 8.68. The van der Waals surface area contributed by atoms with E-state index in [2.05, 4.69) is 39.8 Å². The minimum atomic E-state index is 0.358. The maximum absolute atomic E-state index is 6.20. The zero-order valence-electron chi connectivity index (χ0n) is 14.4. The van der Waals surface area contributed by atoms with E-state index in [-0.39, 0.29) is 0 Å². The number of allylic oxidation sites excluding steroid dienone is 4. The molecule has 3 aliphatic carbocycles. The standard InChI is InChI=1S/C20H33N/c1-14(2)15-6-8-17-16(12-15)7-9-18-19(3,13-21)10-5-11-20(17,18)4/h7,12,14,17-18H,5-6,8-11,13,21H2,1-4H3/t17-,18-,19-,20+/m0/s1. The van der Waals surface area contributed by atoms with Crippen LogP contribution < -0.4 is 5.73 Å². The Bertz CT molecular complexity index is 472. The van der Waals surface area contributed by atoms with Gasteiger partial charge in [-0.05, 0) is 72.8 Å². The Morgan fingerprint density at radius 2 is 2.05 bits per heavy atom. The lowest BCUT2D eigenvalue weighted by Gasteiger charge is -2.58. The van der Waals surface area contributed by atoms with Crippen LogP contribution >= 0.6 is 0 Å². The Morgan fingerprint density at radius 1 is 1.29 bits per heavy atom. The van der Waals surface area contributed by atoms with E-state index in [4.69, 9.17) is 5.73 Å². The van der Waals surface area contributed by atoms with Gasteiger partial charge in [-0.3, -0.25) is 0 Å². The van der Waals surface area contributed by atoms with Crippen LogP contribution in [0.5, 0.6) is 0 Å². The summed E-state index contributed by atoms with van der Waals surface area (Å²) in [5.41, 5.74) is 10.4. The molecule has 0 amide bonds. The molecule has 0 heterocycles. The van der Waals surface area contributed by atoms with Crippen LogP contribution in [0.2, 0.25) is 0 Å². The van der Waals surface area contributed by atoms with E-state index in [1.54, 1.807) is 11.1 Å². The maximum Gasteiger partial charge on any atom is -0.00202 e. The average Bonchev–Trinajstić information content (AvgIpc) is 2.46. The first-order valence-corrected chi connectivity index (χ1v) is 9.01. The van der Waals surface area contributed by atoms with Crippen molar-refractivity contribution in [2.75, 3.05) is 6.54 Å². The first kappa shape index (κ1) is 15.3. The van der Waals surface area contributed by atoms with Crippen LogP contribution in [0.1, 0.15) is 66.2 Å². The zero-order valence-corrected chi connectivity index (χ0v) is 14.4. The normalized spacial score (nSPS) is 43.0. The number of hydrogen-bond acceptors (Lipinski definition) is 1. The quantitative estimate of drug-likeness (QED) is 0.753. The number of fused-ring (bicyclic) bond motifs is 3. The molecule has 0 aromatic heterocycles. The maximum atomic E-state index is 6.20. The molecular weight excluding hydrogens is 254 g/mol. The van der Waals surface area contributed by atoms with Gasteiger partial charge in [-0.1, -0.05) is 51.8 Å². The zero-order chi connectivity index (χ0) is 15.3. The van der Waals surface area contributed by atoms with Crippen molar-refractivity contribution in [3.05, 3.63) is 23.3 Å².